The van der Waals surface area contributed by atoms with Gasteiger partial charge in [-0.2, -0.15) is 0 Å². The van der Waals surface area contributed by atoms with Gasteiger partial charge in [-0.25, -0.2) is 4.98 Å². The molecule has 0 fully saturated rings. The molecule has 176 valence electrons. The molecule has 9 heteroatoms. The minimum Gasteiger partial charge on any atom is -0.394 e. The summed E-state index contributed by atoms with van der Waals surface area (Å²) in [5, 5.41) is 20.9. The largest absolute Gasteiger partial charge is 0.394 e. The van der Waals surface area contributed by atoms with Gasteiger partial charge in [-0.15, -0.1) is 0 Å². The molecule has 3 N–H and O–H groups in total. The molecular weight excluding hydrogens is 434 g/mol. The summed E-state index contributed by atoms with van der Waals surface area (Å²) < 4.78 is 8.35. The second-order valence-electron chi connectivity index (χ2n) is 8.04. The molecule has 3 heterocycles. The Hall–Kier alpha value is -3.82. The zero-order valence-corrected chi connectivity index (χ0v) is 19.1. The van der Waals surface area contributed by atoms with Crippen molar-refractivity contribution >= 4 is 22.6 Å². The molecule has 1 amide bonds. The maximum atomic E-state index is 13.4. The highest BCUT2D eigenvalue weighted by atomic mass is 16.5. The Balaban J connectivity index is 1.85. The summed E-state index contributed by atoms with van der Waals surface area (Å²) in [4.78, 5) is 31.2. The van der Waals surface area contributed by atoms with Crippen molar-refractivity contribution in [3.05, 3.63) is 87.3 Å². The number of benzene rings is 1. The van der Waals surface area contributed by atoms with Crippen molar-refractivity contribution in [1.29, 1.82) is 5.41 Å². The third kappa shape index (κ3) is 4.48. The number of fused-ring (bicyclic) bond motifs is 2. The second-order valence-corrected chi connectivity index (χ2v) is 8.04. The molecule has 0 saturated carbocycles. The topological polar surface area (TPSA) is 122 Å². The number of aryl methyl sites for hydroxylation is 1. The molecular formula is C25H27N5O4. The van der Waals surface area contributed by atoms with E-state index in [1.165, 1.54) is 15.0 Å². The molecule has 0 unspecified atom stereocenters. The molecule has 4 aromatic rings. The summed E-state index contributed by atoms with van der Waals surface area (Å²) in [6, 6.07) is 14.3. The van der Waals surface area contributed by atoms with Crippen LogP contribution in [0.25, 0.3) is 16.7 Å². The van der Waals surface area contributed by atoms with E-state index in [0.717, 1.165) is 11.1 Å². The molecule has 4 rings (SSSR count). The summed E-state index contributed by atoms with van der Waals surface area (Å²) in [5.74, 6) is -0.456. The van der Waals surface area contributed by atoms with Gasteiger partial charge in [0.05, 0.1) is 36.8 Å². The lowest BCUT2D eigenvalue weighted by atomic mass is 10.1. The number of hydrogen-bond donors (Lipinski definition) is 3. The van der Waals surface area contributed by atoms with Crippen LogP contribution >= 0.6 is 0 Å². The van der Waals surface area contributed by atoms with Gasteiger partial charge in [0.25, 0.3) is 11.5 Å². The van der Waals surface area contributed by atoms with Gasteiger partial charge in [-0.05, 0) is 37.1 Å². The number of rotatable bonds is 8. The molecule has 34 heavy (non-hydrogen) atoms. The fourth-order valence-corrected chi connectivity index (χ4v) is 3.91. The van der Waals surface area contributed by atoms with Crippen molar-refractivity contribution in [3.8, 4) is 0 Å². The zero-order chi connectivity index (χ0) is 24.2. The van der Waals surface area contributed by atoms with Crippen LogP contribution in [-0.4, -0.2) is 44.8 Å². The normalized spacial score (nSPS) is 12.2. The number of aliphatic hydroxyl groups excluding tert-OH is 1. The highest BCUT2D eigenvalue weighted by molar-refractivity contribution is 5.97. The molecule has 9 nitrogen and oxygen atoms in total. The van der Waals surface area contributed by atoms with Gasteiger partial charge < -0.3 is 19.7 Å². The second kappa shape index (κ2) is 9.98. The van der Waals surface area contributed by atoms with Crippen LogP contribution in [0.2, 0.25) is 0 Å². The lowest BCUT2D eigenvalue weighted by Crippen LogP contribution is -2.36. The van der Waals surface area contributed by atoms with Crippen molar-refractivity contribution < 1.29 is 14.6 Å². The van der Waals surface area contributed by atoms with Crippen LogP contribution < -0.4 is 16.4 Å². The molecule has 0 aliphatic carbocycles. The predicted molar refractivity (Wildman–Crippen MR) is 128 cm³/mol. The van der Waals surface area contributed by atoms with Crippen molar-refractivity contribution in [3.63, 3.8) is 0 Å². The van der Waals surface area contributed by atoms with Gasteiger partial charge >= 0.3 is 0 Å². The van der Waals surface area contributed by atoms with E-state index in [1.807, 2.05) is 50.2 Å². The van der Waals surface area contributed by atoms with Gasteiger partial charge in [0.2, 0.25) is 0 Å². The van der Waals surface area contributed by atoms with E-state index in [2.05, 4.69) is 10.3 Å². The Labute approximate surface area is 195 Å². The quantitative estimate of drug-likeness (QED) is 0.273. The van der Waals surface area contributed by atoms with Gasteiger partial charge in [0, 0.05) is 12.7 Å². The van der Waals surface area contributed by atoms with Crippen LogP contribution in [0.1, 0.15) is 34.5 Å². The van der Waals surface area contributed by atoms with E-state index in [-0.39, 0.29) is 54.4 Å². The van der Waals surface area contributed by atoms with E-state index in [0.29, 0.717) is 11.3 Å². The molecule has 0 saturated heterocycles. The number of hydrogen-bond acceptors (Lipinski definition) is 6. The molecule has 0 aliphatic heterocycles. The van der Waals surface area contributed by atoms with Gasteiger partial charge in [0.1, 0.15) is 16.8 Å². The molecule has 0 aliphatic rings. The third-order valence-corrected chi connectivity index (χ3v) is 5.72. The predicted octanol–water partition coefficient (Wildman–Crippen LogP) is 1.94. The molecule has 1 aromatic carbocycles. The van der Waals surface area contributed by atoms with E-state index in [1.54, 1.807) is 12.3 Å². The SMILES string of the molecule is Cc1cccn2c(=O)c3cc(C(=O)N[C@@H](C)c4ccccc4)c(=N)n(CCOCCO)c3nc12. The van der Waals surface area contributed by atoms with Crippen LogP contribution in [0.4, 0.5) is 0 Å². The standard InChI is InChI=1S/C25H27N5O4/c1-16-7-6-10-30-22(16)28-23-20(25(30)33)15-19(21(26)29(23)11-13-34-14-12-31)24(32)27-17(2)18-8-4-3-5-9-18/h3-10,15,17,26,31H,11-14H2,1-2H3,(H,27,32)/t17-/m0/s1. The minimum absolute atomic E-state index is 0.0669. The monoisotopic (exact) mass is 461 g/mol. The number of nitrogens with zero attached hydrogens (tertiary/aromatic N) is 3. The number of ether oxygens (including phenoxy) is 1. The Bertz CT molecular complexity index is 1460. The number of nitrogens with one attached hydrogen (secondary N) is 2. The van der Waals surface area contributed by atoms with E-state index in [4.69, 9.17) is 15.3 Å². The lowest BCUT2D eigenvalue weighted by molar-refractivity contribution is 0.0865. The summed E-state index contributed by atoms with van der Waals surface area (Å²) in [6.45, 7) is 4.13. The first kappa shape index (κ1) is 23.3. The van der Waals surface area contributed by atoms with Crippen LogP contribution in [0.15, 0.2) is 59.5 Å². The van der Waals surface area contributed by atoms with Crippen LogP contribution in [0, 0.1) is 12.3 Å². The Morgan fingerprint density at radius 3 is 2.68 bits per heavy atom. The average Bonchev–Trinajstić information content (AvgIpc) is 2.84. The molecule has 0 spiro atoms. The van der Waals surface area contributed by atoms with Crippen molar-refractivity contribution in [2.24, 2.45) is 0 Å². The van der Waals surface area contributed by atoms with Gasteiger partial charge in [-0.3, -0.25) is 19.4 Å². The Morgan fingerprint density at radius 2 is 1.94 bits per heavy atom. The van der Waals surface area contributed by atoms with Crippen LogP contribution in [-0.2, 0) is 11.3 Å². The molecule has 0 bridgehead atoms. The maximum absolute atomic E-state index is 13.4. The number of amides is 1. The fourth-order valence-electron chi connectivity index (χ4n) is 3.91. The zero-order valence-electron chi connectivity index (χ0n) is 19.1. The lowest BCUT2D eigenvalue weighted by Gasteiger charge is -2.17. The number of carbonyl (C=O) groups excluding carboxylic acids is 1. The van der Waals surface area contributed by atoms with E-state index < -0.39 is 5.91 Å². The van der Waals surface area contributed by atoms with Crippen molar-refractivity contribution in [1.82, 2.24) is 19.3 Å². The van der Waals surface area contributed by atoms with Gasteiger partial charge in [0.15, 0.2) is 0 Å². The fraction of sp³-hybridized carbons (Fsp3) is 0.280. The minimum atomic E-state index is -0.456. The first-order chi connectivity index (χ1) is 16.4. The molecule has 3 aromatic heterocycles. The maximum Gasteiger partial charge on any atom is 0.267 e. The summed E-state index contributed by atoms with van der Waals surface area (Å²) in [7, 11) is 0. The van der Waals surface area contributed by atoms with E-state index >= 15 is 0 Å². The van der Waals surface area contributed by atoms with E-state index in [9.17, 15) is 9.59 Å². The van der Waals surface area contributed by atoms with Crippen molar-refractivity contribution in [2.45, 2.75) is 26.4 Å². The molecule has 1 atom stereocenters. The summed E-state index contributed by atoms with van der Waals surface area (Å²) in [5.41, 5.74) is 2.22. The molecule has 0 radical (unpaired) electrons. The van der Waals surface area contributed by atoms with Crippen LogP contribution in [0.3, 0.4) is 0 Å². The highest BCUT2D eigenvalue weighted by Gasteiger charge is 2.19. The Morgan fingerprint density at radius 1 is 1.18 bits per heavy atom. The number of aromatic nitrogens is 3. The average molecular weight is 462 g/mol. The smallest absolute Gasteiger partial charge is 0.267 e. The summed E-state index contributed by atoms with van der Waals surface area (Å²) >= 11 is 0. The van der Waals surface area contributed by atoms with Crippen molar-refractivity contribution in [2.75, 3.05) is 19.8 Å². The number of aliphatic hydroxyl groups is 1. The first-order valence-corrected chi connectivity index (χ1v) is 11.1. The third-order valence-electron chi connectivity index (χ3n) is 5.72. The number of carbonyl (C=O) groups is 1. The first-order valence-electron chi connectivity index (χ1n) is 11.1. The van der Waals surface area contributed by atoms with Crippen LogP contribution in [0.5, 0.6) is 0 Å². The van der Waals surface area contributed by atoms with Gasteiger partial charge in [-0.1, -0.05) is 36.4 Å². The summed E-state index contributed by atoms with van der Waals surface area (Å²) in [6.07, 6.45) is 1.64. The highest BCUT2D eigenvalue weighted by Crippen LogP contribution is 2.15. The Kier molecular flexibility index (Phi) is 6.85. The number of pyridine rings is 2.